The average Bonchev–Trinajstić information content (AvgIpc) is 2.93. The molecule has 4 nitrogen and oxygen atoms in total. The van der Waals surface area contributed by atoms with Gasteiger partial charge in [-0.25, -0.2) is 13.3 Å². The lowest BCUT2D eigenvalue weighted by molar-refractivity contribution is 0.601. The van der Waals surface area contributed by atoms with E-state index >= 15 is 0 Å². The normalized spacial score (nSPS) is 13.2. The maximum Gasteiger partial charge on any atom is 0.260 e. The van der Waals surface area contributed by atoms with Crippen LogP contribution in [0.25, 0.3) is 9.88 Å². The van der Waals surface area contributed by atoms with Crippen molar-refractivity contribution >= 4 is 38.0 Å². The van der Waals surface area contributed by atoms with Crippen LogP contribution in [0, 0.1) is 13.5 Å². The van der Waals surface area contributed by atoms with Crippen molar-refractivity contribution in [2.24, 2.45) is 0 Å². The van der Waals surface area contributed by atoms with Crippen molar-refractivity contribution in [2.75, 3.05) is 4.72 Å². The summed E-state index contributed by atoms with van der Waals surface area (Å²) in [6, 6.07) is 9.53. The van der Waals surface area contributed by atoms with Gasteiger partial charge in [0.1, 0.15) is 0 Å². The van der Waals surface area contributed by atoms with E-state index in [0.717, 1.165) is 16.7 Å². The Bertz CT molecular complexity index is 973. The van der Waals surface area contributed by atoms with Crippen molar-refractivity contribution < 1.29 is 8.42 Å². The molecule has 0 unspecified atom stereocenters. The highest BCUT2D eigenvalue weighted by Crippen LogP contribution is 2.38. The summed E-state index contributed by atoms with van der Waals surface area (Å²) in [4.78, 5) is 3.33. The largest absolute Gasteiger partial charge is 0.279 e. The molecule has 0 heterocycles. The molecule has 0 aliphatic heterocycles. The van der Waals surface area contributed by atoms with E-state index in [0.29, 0.717) is 17.1 Å². The first-order chi connectivity index (χ1) is 10.9. The summed E-state index contributed by atoms with van der Waals surface area (Å²) in [7, 11) is -3.76. The number of hydrogen-bond acceptors (Lipinski definition) is 2. The minimum Gasteiger partial charge on any atom is -0.279 e. The number of rotatable bonds is 3. The maximum atomic E-state index is 12.6. The van der Waals surface area contributed by atoms with E-state index in [1.807, 2.05) is 19.1 Å². The quantitative estimate of drug-likeness (QED) is 0.834. The molecular weight excluding hydrogens is 332 g/mol. The lowest BCUT2D eigenvalue weighted by Gasteiger charge is -2.14. The highest BCUT2D eigenvalue weighted by Gasteiger charge is 2.22. The second-order valence-electron chi connectivity index (χ2n) is 5.25. The van der Waals surface area contributed by atoms with E-state index in [9.17, 15) is 8.42 Å². The fourth-order valence-corrected chi connectivity index (χ4v) is 4.10. The molecule has 0 aromatic heterocycles. The third-order valence-electron chi connectivity index (χ3n) is 3.75. The molecule has 0 atom stereocenters. The second-order valence-corrected chi connectivity index (χ2v) is 7.34. The average molecular weight is 345 g/mol. The number of anilines is 1. The number of hydrogen-bond donors (Lipinski definition) is 1. The molecule has 0 radical (unpaired) electrons. The van der Waals surface area contributed by atoms with Crippen molar-refractivity contribution in [3.8, 4) is 0 Å². The number of nitrogens with one attached hydrogen (secondary N) is 1. The minimum atomic E-state index is -3.76. The van der Waals surface area contributed by atoms with Crippen molar-refractivity contribution in [3.05, 3.63) is 70.6 Å². The molecule has 0 saturated heterocycles. The van der Waals surface area contributed by atoms with Gasteiger partial charge in [0.15, 0.2) is 5.69 Å². The summed E-state index contributed by atoms with van der Waals surface area (Å²) in [6.07, 6.45) is 2.46. The fraction of sp³-hybridized carbons (Fsp3) is 0.118. The lowest BCUT2D eigenvalue weighted by atomic mass is 10.0. The van der Waals surface area contributed by atoms with Crippen LogP contribution >= 0.6 is 11.6 Å². The van der Waals surface area contributed by atoms with Gasteiger partial charge in [-0.3, -0.25) is 4.72 Å². The highest BCUT2D eigenvalue weighted by molar-refractivity contribution is 7.92. The SMILES string of the molecule is [C-]#[N+]c1cccc(S(=O)(=O)Nc2ccc(C)c3c2CC=C3Cl)c1. The van der Waals surface area contributed by atoms with E-state index < -0.39 is 10.0 Å². The van der Waals surface area contributed by atoms with Crippen molar-refractivity contribution in [3.63, 3.8) is 0 Å². The first-order valence-electron chi connectivity index (χ1n) is 6.91. The molecular formula is C17H13ClN2O2S. The third kappa shape index (κ3) is 2.83. The molecule has 0 spiro atoms. The van der Waals surface area contributed by atoms with Gasteiger partial charge < -0.3 is 0 Å². The van der Waals surface area contributed by atoms with Crippen LogP contribution in [0.15, 0.2) is 47.4 Å². The van der Waals surface area contributed by atoms with Crippen molar-refractivity contribution in [1.29, 1.82) is 0 Å². The first kappa shape index (κ1) is 15.6. The number of allylic oxidation sites excluding steroid dienone is 1. The van der Waals surface area contributed by atoms with Crippen LogP contribution in [0.3, 0.4) is 0 Å². The summed E-state index contributed by atoms with van der Waals surface area (Å²) >= 11 is 6.20. The molecule has 1 aliphatic carbocycles. The Morgan fingerprint density at radius 1 is 1.26 bits per heavy atom. The fourth-order valence-electron chi connectivity index (χ4n) is 2.62. The summed E-state index contributed by atoms with van der Waals surface area (Å²) in [6.45, 7) is 8.94. The molecule has 1 aliphatic rings. The Labute approximate surface area is 140 Å². The maximum absolute atomic E-state index is 12.6. The molecule has 1 N–H and O–H groups in total. The molecule has 2 aromatic rings. The van der Waals surface area contributed by atoms with Crippen LogP contribution in [0.5, 0.6) is 0 Å². The Morgan fingerprint density at radius 3 is 2.78 bits per heavy atom. The Hall–Kier alpha value is -2.29. The van der Waals surface area contributed by atoms with Crippen LogP contribution in [-0.4, -0.2) is 8.42 Å². The van der Waals surface area contributed by atoms with Gasteiger partial charge in [0.2, 0.25) is 0 Å². The molecule has 6 heteroatoms. The van der Waals surface area contributed by atoms with Gasteiger partial charge in [-0.1, -0.05) is 35.9 Å². The van der Waals surface area contributed by atoms with Gasteiger partial charge >= 0.3 is 0 Å². The smallest absolute Gasteiger partial charge is 0.260 e. The van der Waals surface area contributed by atoms with E-state index in [4.69, 9.17) is 18.2 Å². The van der Waals surface area contributed by atoms with E-state index in [1.54, 1.807) is 18.2 Å². The zero-order valence-electron chi connectivity index (χ0n) is 12.3. The Kier molecular flexibility index (Phi) is 3.88. The van der Waals surface area contributed by atoms with Gasteiger partial charge in [-0.05, 0) is 42.7 Å². The van der Waals surface area contributed by atoms with E-state index in [-0.39, 0.29) is 10.6 Å². The number of aryl methyl sites for hydroxylation is 1. The molecule has 0 amide bonds. The molecule has 0 bridgehead atoms. The molecule has 23 heavy (non-hydrogen) atoms. The standard InChI is InChI=1S/C17H13ClN2O2S/c1-11-6-9-16(14-7-8-15(18)17(11)14)20-23(21,22)13-5-3-4-12(10-13)19-2/h3-6,8-10,20H,7H2,1H3. The van der Waals surface area contributed by atoms with Crippen LogP contribution < -0.4 is 4.72 Å². The lowest BCUT2D eigenvalue weighted by Crippen LogP contribution is -2.14. The number of sulfonamides is 1. The summed E-state index contributed by atoms with van der Waals surface area (Å²) in [5, 5.41) is 0.647. The monoisotopic (exact) mass is 344 g/mol. The van der Waals surface area contributed by atoms with Gasteiger partial charge in [0.05, 0.1) is 17.2 Å². The third-order valence-corrected chi connectivity index (χ3v) is 5.45. The second kappa shape index (κ2) is 5.73. The van der Waals surface area contributed by atoms with Crippen LogP contribution in [-0.2, 0) is 16.4 Å². The topological polar surface area (TPSA) is 50.5 Å². The van der Waals surface area contributed by atoms with Gasteiger partial charge in [-0.15, -0.1) is 0 Å². The van der Waals surface area contributed by atoms with Gasteiger partial charge in [0.25, 0.3) is 10.0 Å². The van der Waals surface area contributed by atoms with Gasteiger partial charge in [0, 0.05) is 10.6 Å². The Morgan fingerprint density at radius 2 is 2.04 bits per heavy atom. The number of nitrogens with zero attached hydrogens (tertiary/aromatic N) is 1. The highest BCUT2D eigenvalue weighted by atomic mass is 35.5. The Balaban J connectivity index is 2.02. The predicted molar refractivity (Wildman–Crippen MR) is 92.2 cm³/mol. The van der Waals surface area contributed by atoms with Crippen molar-refractivity contribution in [2.45, 2.75) is 18.2 Å². The number of benzene rings is 2. The number of halogens is 1. The summed E-state index contributed by atoms with van der Waals surface area (Å²) in [5.74, 6) is 0. The van der Waals surface area contributed by atoms with E-state index in [1.165, 1.54) is 12.1 Å². The van der Waals surface area contributed by atoms with Crippen molar-refractivity contribution in [1.82, 2.24) is 0 Å². The van der Waals surface area contributed by atoms with Crippen LogP contribution in [0.2, 0.25) is 0 Å². The number of fused-ring (bicyclic) bond motifs is 1. The van der Waals surface area contributed by atoms with Crippen LogP contribution in [0.4, 0.5) is 11.4 Å². The zero-order valence-corrected chi connectivity index (χ0v) is 13.9. The predicted octanol–water partition coefficient (Wildman–Crippen LogP) is 4.48. The molecule has 0 saturated carbocycles. The molecule has 2 aromatic carbocycles. The molecule has 0 fully saturated rings. The molecule has 116 valence electrons. The first-order valence-corrected chi connectivity index (χ1v) is 8.77. The molecule has 3 rings (SSSR count). The zero-order chi connectivity index (χ0) is 16.6. The van der Waals surface area contributed by atoms with Gasteiger partial charge in [-0.2, -0.15) is 0 Å². The summed E-state index contributed by atoms with van der Waals surface area (Å²) < 4.78 is 27.8. The van der Waals surface area contributed by atoms with Crippen LogP contribution in [0.1, 0.15) is 16.7 Å². The summed E-state index contributed by atoms with van der Waals surface area (Å²) in [5.41, 5.74) is 3.58. The van der Waals surface area contributed by atoms with E-state index in [2.05, 4.69) is 9.57 Å². The minimum absolute atomic E-state index is 0.0670.